The lowest BCUT2D eigenvalue weighted by Crippen LogP contribution is -1.92. The van der Waals surface area contributed by atoms with E-state index >= 15 is 0 Å². The fraction of sp³-hybridized carbons (Fsp3) is 0. The minimum absolute atomic E-state index is 0.719. The van der Waals surface area contributed by atoms with Crippen molar-refractivity contribution in [3.8, 4) is 44.9 Å². The molecule has 0 unspecified atom stereocenters. The smallest absolute Gasteiger partial charge is 0.159 e. The van der Waals surface area contributed by atoms with Crippen molar-refractivity contribution in [2.45, 2.75) is 0 Å². The van der Waals surface area contributed by atoms with E-state index in [0.29, 0.717) is 0 Å². The van der Waals surface area contributed by atoms with Crippen LogP contribution in [0.3, 0.4) is 0 Å². The molecule has 0 aliphatic carbocycles. The van der Waals surface area contributed by atoms with E-state index in [2.05, 4.69) is 110 Å². The van der Waals surface area contributed by atoms with Gasteiger partial charge in [-0.15, -0.1) is 0 Å². The van der Waals surface area contributed by atoms with Gasteiger partial charge in [-0.05, 0) is 40.5 Å². The van der Waals surface area contributed by atoms with Gasteiger partial charge in [0, 0.05) is 26.3 Å². The Kier molecular flexibility index (Phi) is 5.97. The average molecular weight is 542 g/mol. The van der Waals surface area contributed by atoms with E-state index in [0.717, 1.165) is 42.7 Å². The maximum atomic E-state index is 4.82. The van der Waals surface area contributed by atoms with E-state index in [-0.39, 0.29) is 0 Å². The first kappa shape index (κ1) is 20.8. The Balaban J connectivity index is 1.43. The number of rotatable bonds is 4. The van der Waals surface area contributed by atoms with Gasteiger partial charge in [0.1, 0.15) is 0 Å². The van der Waals surface area contributed by atoms with Gasteiger partial charge in [0.05, 0.1) is 5.69 Å². The van der Waals surface area contributed by atoms with Crippen molar-refractivity contribution in [3.05, 3.63) is 118 Å². The first-order valence-corrected chi connectivity index (χ1v) is 11.8. The lowest BCUT2D eigenvalue weighted by molar-refractivity contribution is 1.18. The summed E-state index contributed by atoms with van der Waals surface area (Å²) in [5.41, 5.74) is 7.62. The highest BCUT2D eigenvalue weighted by Gasteiger charge is 2.08. The molecule has 0 radical (unpaired) electrons. The van der Waals surface area contributed by atoms with Gasteiger partial charge in [-0.3, -0.25) is 0 Å². The number of hydrogen-bond acceptors (Lipinski definition) is 2. The maximum Gasteiger partial charge on any atom is 0.159 e. The second-order valence-corrected chi connectivity index (χ2v) is 9.09. The fourth-order valence-electron chi connectivity index (χ4n) is 3.67. The molecule has 0 saturated heterocycles. The van der Waals surface area contributed by atoms with Gasteiger partial charge in [-0.1, -0.05) is 117 Å². The summed E-state index contributed by atoms with van der Waals surface area (Å²) in [4.78, 5) is 9.33. The molecule has 32 heavy (non-hydrogen) atoms. The van der Waals surface area contributed by atoms with Crippen molar-refractivity contribution in [2.24, 2.45) is 0 Å². The van der Waals surface area contributed by atoms with Crippen LogP contribution in [0.2, 0.25) is 0 Å². The second-order valence-electron chi connectivity index (χ2n) is 7.38. The molecule has 0 saturated carbocycles. The van der Waals surface area contributed by atoms with E-state index in [1.165, 1.54) is 11.1 Å². The van der Waals surface area contributed by atoms with Crippen molar-refractivity contribution in [3.63, 3.8) is 0 Å². The van der Waals surface area contributed by atoms with Crippen LogP contribution in [0.15, 0.2) is 118 Å². The third kappa shape index (κ3) is 4.29. The van der Waals surface area contributed by atoms with Crippen LogP contribution >= 0.6 is 31.9 Å². The van der Waals surface area contributed by atoms with Gasteiger partial charge in [0.25, 0.3) is 0 Å². The van der Waals surface area contributed by atoms with Crippen LogP contribution in [0.1, 0.15) is 0 Å². The minimum atomic E-state index is 0.719. The summed E-state index contributed by atoms with van der Waals surface area (Å²) in [5.74, 6) is 0.719. The maximum absolute atomic E-state index is 4.82. The summed E-state index contributed by atoms with van der Waals surface area (Å²) in [6, 6.07) is 35.3. The zero-order valence-electron chi connectivity index (χ0n) is 17.0. The quantitative estimate of drug-likeness (QED) is 0.227. The Morgan fingerprint density at radius 2 is 0.938 bits per heavy atom. The molecule has 0 N–H and O–H groups in total. The highest BCUT2D eigenvalue weighted by Crippen LogP contribution is 2.31. The van der Waals surface area contributed by atoms with Crippen molar-refractivity contribution in [2.75, 3.05) is 0 Å². The van der Waals surface area contributed by atoms with Crippen LogP contribution in [0.4, 0.5) is 0 Å². The molecule has 4 aromatic carbocycles. The van der Waals surface area contributed by atoms with Crippen molar-refractivity contribution in [1.29, 1.82) is 0 Å². The molecule has 0 aliphatic heterocycles. The summed E-state index contributed by atoms with van der Waals surface area (Å²) in [6.45, 7) is 0. The molecule has 4 heteroatoms. The summed E-state index contributed by atoms with van der Waals surface area (Å²) < 4.78 is 2.17. The van der Waals surface area contributed by atoms with E-state index in [9.17, 15) is 0 Å². The van der Waals surface area contributed by atoms with E-state index < -0.39 is 0 Å². The standard InChI is InChI=1S/C28H18Br2N2/c29-25-7-3-1-5-23(25)19-9-13-21(14-10-19)27-17-18-31-28(32-27)22-15-11-20(12-16-22)24-6-2-4-8-26(24)30/h1-18H. The van der Waals surface area contributed by atoms with Crippen LogP contribution in [0.25, 0.3) is 44.9 Å². The molecule has 5 rings (SSSR count). The largest absolute Gasteiger partial charge is 0.237 e. The molecule has 0 fully saturated rings. The zero-order chi connectivity index (χ0) is 21.9. The van der Waals surface area contributed by atoms with Crippen LogP contribution < -0.4 is 0 Å². The lowest BCUT2D eigenvalue weighted by atomic mass is 10.0. The number of halogens is 2. The third-order valence-electron chi connectivity index (χ3n) is 5.35. The predicted molar refractivity (Wildman–Crippen MR) is 139 cm³/mol. The molecule has 0 amide bonds. The monoisotopic (exact) mass is 540 g/mol. The summed E-state index contributed by atoms with van der Waals surface area (Å²) >= 11 is 7.26. The SMILES string of the molecule is Brc1ccccc1-c1ccc(-c2ccnc(-c3ccc(-c4ccccc4Br)cc3)n2)cc1. The molecule has 0 bridgehead atoms. The Labute approximate surface area is 204 Å². The van der Waals surface area contributed by atoms with Gasteiger partial charge in [0.2, 0.25) is 0 Å². The minimum Gasteiger partial charge on any atom is -0.237 e. The Hall–Kier alpha value is -3.08. The first-order chi connectivity index (χ1) is 15.7. The third-order valence-corrected chi connectivity index (χ3v) is 6.73. The van der Waals surface area contributed by atoms with Crippen LogP contribution in [0, 0.1) is 0 Å². The van der Waals surface area contributed by atoms with Gasteiger partial charge in [-0.2, -0.15) is 0 Å². The molecular formula is C28H18Br2N2. The lowest BCUT2D eigenvalue weighted by Gasteiger charge is -2.08. The molecule has 5 aromatic rings. The number of benzene rings is 4. The highest BCUT2D eigenvalue weighted by molar-refractivity contribution is 9.11. The Bertz CT molecular complexity index is 1270. The van der Waals surface area contributed by atoms with Crippen LogP contribution in [0.5, 0.6) is 0 Å². The molecule has 154 valence electrons. The second kappa shape index (κ2) is 9.19. The number of aromatic nitrogens is 2. The van der Waals surface area contributed by atoms with E-state index in [1.54, 1.807) is 0 Å². The molecular weight excluding hydrogens is 524 g/mol. The summed E-state index contributed by atoms with van der Waals surface area (Å²) in [6.07, 6.45) is 1.82. The zero-order valence-corrected chi connectivity index (χ0v) is 20.2. The van der Waals surface area contributed by atoms with Gasteiger partial charge >= 0.3 is 0 Å². The molecule has 0 atom stereocenters. The summed E-state index contributed by atoms with van der Waals surface area (Å²) in [7, 11) is 0. The van der Waals surface area contributed by atoms with E-state index in [4.69, 9.17) is 4.98 Å². The normalized spacial score (nSPS) is 10.8. The fourth-order valence-corrected chi connectivity index (χ4v) is 4.70. The van der Waals surface area contributed by atoms with Crippen LogP contribution in [-0.2, 0) is 0 Å². The molecule has 0 aliphatic rings. The summed E-state index contributed by atoms with van der Waals surface area (Å²) in [5, 5.41) is 0. The number of hydrogen-bond donors (Lipinski definition) is 0. The predicted octanol–water partition coefficient (Wildman–Crippen LogP) is 8.67. The van der Waals surface area contributed by atoms with Crippen molar-refractivity contribution >= 4 is 31.9 Å². The first-order valence-electron chi connectivity index (χ1n) is 10.2. The van der Waals surface area contributed by atoms with Crippen LogP contribution in [-0.4, -0.2) is 9.97 Å². The average Bonchev–Trinajstić information content (AvgIpc) is 2.85. The molecule has 2 nitrogen and oxygen atoms in total. The molecule has 0 spiro atoms. The van der Waals surface area contributed by atoms with Crippen molar-refractivity contribution < 1.29 is 0 Å². The topological polar surface area (TPSA) is 25.8 Å². The van der Waals surface area contributed by atoms with Gasteiger partial charge in [-0.25, -0.2) is 9.97 Å². The van der Waals surface area contributed by atoms with Crippen molar-refractivity contribution in [1.82, 2.24) is 9.97 Å². The Morgan fingerprint density at radius 1 is 0.469 bits per heavy atom. The van der Waals surface area contributed by atoms with E-state index in [1.807, 2.05) is 36.5 Å². The van der Waals surface area contributed by atoms with Gasteiger partial charge < -0.3 is 0 Å². The number of nitrogens with zero attached hydrogens (tertiary/aromatic N) is 2. The van der Waals surface area contributed by atoms with Gasteiger partial charge in [0.15, 0.2) is 5.82 Å². The highest BCUT2D eigenvalue weighted by atomic mass is 79.9. The molecule has 1 heterocycles. The Morgan fingerprint density at radius 3 is 1.47 bits per heavy atom. The molecule has 1 aromatic heterocycles.